The lowest BCUT2D eigenvalue weighted by atomic mass is 10.2. The van der Waals surface area contributed by atoms with E-state index in [4.69, 9.17) is 4.74 Å². The molecule has 21 heavy (non-hydrogen) atoms. The monoisotopic (exact) mass is 351 g/mol. The molecule has 1 aromatic carbocycles. The molecule has 0 unspecified atom stereocenters. The van der Waals surface area contributed by atoms with Crippen LogP contribution in [0.4, 0.5) is 4.39 Å². The van der Waals surface area contributed by atoms with E-state index in [1.165, 1.54) is 12.1 Å². The third-order valence-corrected chi connectivity index (χ3v) is 3.68. The van der Waals surface area contributed by atoms with Gasteiger partial charge in [0.25, 0.3) is 0 Å². The van der Waals surface area contributed by atoms with Crippen molar-refractivity contribution >= 4 is 27.0 Å². The Hall–Kier alpha value is -2.15. The fraction of sp³-hybridized carbons (Fsp3) is 0.143. The molecule has 3 aromatic rings. The van der Waals surface area contributed by atoms with Gasteiger partial charge < -0.3 is 9.84 Å². The van der Waals surface area contributed by atoms with Crippen LogP contribution < -0.4 is 4.74 Å². The maximum absolute atomic E-state index is 13.6. The highest BCUT2D eigenvalue weighted by Gasteiger charge is 2.14. The topological polar surface area (TPSA) is 60.2 Å². The first kappa shape index (κ1) is 13.8. The van der Waals surface area contributed by atoms with E-state index in [-0.39, 0.29) is 16.8 Å². The van der Waals surface area contributed by atoms with Gasteiger partial charge in [-0.05, 0) is 40.2 Å². The fourth-order valence-corrected chi connectivity index (χ4v) is 2.37. The van der Waals surface area contributed by atoms with Gasteiger partial charge in [0.15, 0.2) is 23.0 Å². The Labute approximate surface area is 128 Å². The van der Waals surface area contributed by atoms with Gasteiger partial charge in [-0.2, -0.15) is 5.10 Å². The number of phenolic OH excluding ortho intramolecular Hbond substituents is 1. The molecule has 0 fully saturated rings. The quantitative estimate of drug-likeness (QED) is 0.787. The van der Waals surface area contributed by atoms with Crippen LogP contribution in [0.3, 0.4) is 0 Å². The molecular weight excluding hydrogens is 341 g/mol. The number of hydrogen-bond acceptors (Lipinski definition) is 4. The summed E-state index contributed by atoms with van der Waals surface area (Å²) in [6.45, 7) is 0.109. The van der Waals surface area contributed by atoms with Gasteiger partial charge >= 0.3 is 0 Å². The Balaban J connectivity index is 1.89. The van der Waals surface area contributed by atoms with Crippen molar-refractivity contribution in [1.82, 2.24) is 14.8 Å². The Bertz CT molecular complexity index is 819. The van der Waals surface area contributed by atoms with Gasteiger partial charge in [-0.3, -0.25) is 4.68 Å². The van der Waals surface area contributed by atoms with Gasteiger partial charge in [0.1, 0.15) is 12.3 Å². The maximum Gasteiger partial charge on any atom is 0.195 e. The SMILES string of the molecule is Cn1nc(COc2ccc(Br)c(F)c2O)c2cccnc21. The van der Waals surface area contributed by atoms with Crippen molar-refractivity contribution in [2.24, 2.45) is 7.05 Å². The van der Waals surface area contributed by atoms with Crippen LogP contribution in [0.2, 0.25) is 0 Å². The van der Waals surface area contributed by atoms with Gasteiger partial charge in [-0.15, -0.1) is 0 Å². The highest BCUT2D eigenvalue weighted by atomic mass is 79.9. The van der Waals surface area contributed by atoms with E-state index < -0.39 is 11.6 Å². The third-order valence-electron chi connectivity index (χ3n) is 3.07. The normalized spacial score (nSPS) is 11.0. The minimum Gasteiger partial charge on any atom is -0.502 e. The largest absolute Gasteiger partial charge is 0.502 e. The highest BCUT2D eigenvalue weighted by Crippen LogP contribution is 2.34. The van der Waals surface area contributed by atoms with Gasteiger partial charge in [0, 0.05) is 18.6 Å². The zero-order valence-electron chi connectivity index (χ0n) is 11.0. The number of hydrogen-bond donors (Lipinski definition) is 1. The van der Waals surface area contributed by atoms with Crippen molar-refractivity contribution in [2.45, 2.75) is 6.61 Å². The zero-order chi connectivity index (χ0) is 15.0. The summed E-state index contributed by atoms with van der Waals surface area (Å²) in [5.41, 5.74) is 1.41. The molecule has 2 aromatic heterocycles. The number of aromatic nitrogens is 3. The lowest BCUT2D eigenvalue weighted by Gasteiger charge is -2.08. The number of ether oxygens (including phenoxy) is 1. The number of rotatable bonds is 3. The molecule has 0 amide bonds. The Morgan fingerprint density at radius 3 is 3.00 bits per heavy atom. The molecular formula is C14H11BrFN3O2. The predicted octanol–water partition coefficient (Wildman–Crippen LogP) is 3.15. The second kappa shape index (κ2) is 5.33. The molecule has 0 spiro atoms. The standard InChI is InChI=1S/C14H11BrFN3O2/c1-19-14-8(3-2-6-17-14)10(18-19)7-21-11-5-4-9(15)12(16)13(11)20/h2-6,20H,7H2,1H3. The first-order valence-electron chi connectivity index (χ1n) is 6.14. The van der Waals surface area contributed by atoms with Crippen molar-refractivity contribution in [2.75, 3.05) is 0 Å². The van der Waals surface area contributed by atoms with Crippen molar-refractivity contribution < 1.29 is 14.2 Å². The summed E-state index contributed by atoms with van der Waals surface area (Å²) < 4.78 is 20.9. The molecule has 3 rings (SSSR count). The summed E-state index contributed by atoms with van der Waals surface area (Å²) in [4.78, 5) is 4.23. The molecule has 0 bridgehead atoms. The van der Waals surface area contributed by atoms with E-state index >= 15 is 0 Å². The molecule has 5 nitrogen and oxygen atoms in total. The van der Waals surface area contributed by atoms with Crippen LogP contribution in [0.15, 0.2) is 34.9 Å². The summed E-state index contributed by atoms with van der Waals surface area (Å²) in [7, 11) is 1.79. The van der Waals surface area contributed by atoms with E-state index in [0.29, 0.717) is 5.69 Å². The van der Waals surface area contributed by atoms with Crippen LogP contribution >= 0.6 is 15.9 Å². The van der Waals surface area contributed by atoms with E-state index in [2.05, 4.69) is 26.0 Å². The number of aromatic hydroxyl groups is 1. The van der Waals surface area contributed by atoms with Crippen LogP contribution in [-0.2, 0) is 13.7 Å². The molecule has 0 atom stereocenters. The smallest absolute Gasteiger partial charge is 0.195 e. The third kappa shape index (κ3) is 2.44. The number of halogens is 2. The Morgan fingerprint density at radius 2 is 2.19 bits per heavy atom. The van der Waals surface area contributed by atoms with E-state index in [0.717, 1.165) is 11.0 Å². The van der Waals surface area contributed by atoms with E-state index in [9.17, 15) is 9.50 Å². The Morgan fingerprint density at radius 1 is 1.38 bits per heavy atom. The second-order valence-corrected chi connectivity index (χ2v) is 5.30. The van der Waals surface area contributed by atoms with Crippen molar-refractivity contribution in [1.29, 1.82) is 0 Å². The highest BCUT2D eigenvalue weighted by molar-refractivity contribution is 9.10. The van der Waals surface area contributed by atoms with Gasteiger partial charge in [0.05, 0.1) is 4.47 Å². The lowest BCUT2D eigenvalue weighted by molar-refractivity contribution is 0.279. The molecule has 0 radical (unpaired) electrons. The average molecular weight is 352 g/mol. The zero-order valence-corrected chi connectivity index (χ0v) is 12.6. The molecule has 108 valence electrons. The number of benzene rings is 1. The van der Waals surface area contributed by atoms with Crippen LogP contribution in [-0.4, -0.2) is 19.9 Å². The van der Waals surface area contributed by atoms with Crippen LogP contribution in [0.5, 0.6) is 11.5 Å². The fourth-order valence-electron chi connectivity index (χ4n) is 2.05. The minimum absolute atomic E-state index is 0.0680. The first-order chi connectivity index (χ1) is 10.1. The molecule has 1 N–H and O–H groups in total. The summed E-state index contributed by atoms with van der Waals surface area (Å²) in [6, 6.07) is 6.66. The minimum atomic E-state index is -0.750. The first-order valence-corrected chi connectivity index (χ1v) is 6.93. The number of aryl methyl sites for hydroxylation is 1. The molecule has 0 aliphatic heterocycles. The maximum atomic E-state index is 13.6. The molecule has 0 saturated carbocycles. The number of pyridine rings is 1. The van der Waals surface area contributed by atoms with E-state index in [1.807, 2.05) is 12.1 Å². The average Bonchev–Trinajstić information content (AvgIpc) is 2.81. The predicted molar refractivity (Wildman–Crippen MR) is 78.6 cm³/mol. The molecule has 0 saturated heterocycles. The second-order valence-electron chi connectivity index (χ2n) is 4.44. The summed E-state index contributed by atoms with van der Waals surface area (Å²) >= 11 is 3.00. The van der Waals surface area contributed by atoms with Crippen molar-refractivity contribution in [3.05, 3.63) is 46.4 Å². The van der Waals surface area contributed by atoms with Gasteiger partial charge in [0.2, 0.25) is 0 Å². The molecule has 0 aliphatic carbocycles. The summed E-state index contributed by atoms with van der Waals surface area (Å²) in [6.07, 6.45) is 1.69. The molecule has 0 aliphatic rings. The molecule has 7 heteroatoms. The van der Waals surface area contributed by atoms with Crippen LogP contribution in [0, 0.1) is 5.82 Å². The van der Waals surface area contributed by atoms with Gasteiger partial charge in [-0.25, -0.2) is 9.37 Å². The van der Waals surface area contributed by atoms with Crippen molar-refractivity contribution in [3.8, 4) is 11.5 Å². The van der Waals surface area contributed by atoms with Crippen LogP contribution in [0.25, 0.3) is 11.0 Å². The van der Waals surface area contributed by atoms with E-state index in [1.54, 1.807) is 17.9 Å². The van der Waals surface area contributed by atoms with Crippen LogP contribution in [0.1, 0.15) is 5.69 Å². The van der Waals surface area contributed by atoms with Gasteiger partial charge in [-0.1, -0.05) is 0 Å². The number of phenols is 1. The summed E-state index contributed by atoms with van der Waals surface area (Å²) in [5.74, 6) is -1.21. The summed E-state index contributed by atoms with van der Waals surface area (Å²) in [5, 5.41) is 14.9. The lowest BCUT2D eigenvalue weighted by Crippen LogP contribution is -1.99. The van der Waals surface area contributed by atoms with Crippen molar-refractivity contribution in [3.63, 3.8) is 0 Å². The Kier molecular flexibility index (Phi) is 3.50. The number of nitrogens with zero attached hydrogens (tertiary/aromatic N) is 3. The number of fused-ring (bicyclic) bond motifs is 1. The molecule has 2 heterocycles.